The van der Waals surface area contributed by atoms with E-state index in [4.69, 9.17) is 42.6 Å². The summed E-state index contributed by atoms with van der Waals surface area (Å²) in [5, 5.41) is 131. The first-order chi connectivity index (χ1) is 35.5. The number of carbonyl (C=O) groups is 1. The summed E-state index contributed by atoms with van der Waals surface area (Å²) in [6.07, 6.45) is -22.1. The van der Waals surface area contributed by atoms with E-state index in [1.807, 2.05) is 6.92 Å². The average molecular weight is 1090 g/mol. The molecule has 8 fully saturated rings. The standard InChI is InChI=1S/C54H88O22/c1-23-32(58)35(61)39(65)45(70-23)75-42-33(59)26(57)21-69-47(42)76-43-38(64)37(63)41(44(67)68-9)74-48(43)72-30-13-14-51(5)28(52(30,6)22-56)12-15-54(8)29(51)11-10-24-25-18-49(2,3)19-31(50(25,4)16-17-53(24,54)7)73-46-40(66)36(62)34(60)27(20-55)71-46/h10,23,25-43,45-48,55-66H,11-22H2,1-9H3. The van der Waals surface area contributed by atoms with E-state index >= 15 is 0 Å². The number of aliphatic hydroxyl groups is 12. The molecule has 4 saturated heterocycles. The number of aliphatic hydroxyl groups excluding tert-OH is 12. The zero-order valence-corrected chi connectivity index (χ0v) is 45.4. The molecule has 0 aromatic rings. The number of rotatable bonds is 11. The molecule has 4 aliphatic heterocycles. The van der Waals surface area contributed by atoms with Gasteiger partial charge >= 0.3 is 5.97 Å². The van der Waals surface area contributed by atoms with Gasteiger partial charge in [-0.2, -0.15) is 0 Å². The molecule has 4 saturated carbocycles. The Balaban J connectivity index is 0.973. The molecule has 0 bridgehead atoms. The predicted molar refractivity (Wildman–Crippen MR) is 262 cm³/mol. The Morgan fingerprint density at radius 2 is 1.25 bits per heavy atom. The van der Waals surface area contributed by atoms with Crippen LogP contribution >= 0.6 is 0 Å². The summed E-state index contributed by atoms with van der Waals surface area (Å²) in [6, 6.07) is 0. The van der Waals surface area contributed by atoms with Crippen LogP contribution in [0.15, 0.2) is 11.6 Å². The summed E-state index contributed by atoms with van der Waals surface area (Å²) >= 11 is 0. The lowest BCUT2D eigenvalue weighted by Gasteiger charge is -2.72. The minimum absolute atomic E-state index is 0.108. The third-order valence-corrected chi connectivity index (χ3v) is 21.4. The van der Waals surface area contributed by atoms with Crippen LogP contribution in [0.4, 0.5) is 0 Å². The van der Waals surface area contributed by atoms with Crippen LogP contribution in [0.25, 0.3) is 0 Å². The molecule has 29 atom stereocenters. The lowest BCUT2D eigenvalue weighted by molar-refractivity contribution is -0.387. The molecule has 0 aromatic heterocycles. The number of fused-ring (bicyclic) bond motifs is 7. The first kappa shape index (κ1) is 59.0. The summed E-state index contributed by atoms with van der Waals surface area (Å²) in [5.41, 5.74) is -0.816. The fourth-order valence-electron chi connectivity index (χ4n) is 16.4. The van der Waals surface area contributed by atoms with Crippen molar-refractivity contribution in [1.82, 2.24) is 0 Å². The Morgan fingerprint density at radius 3 is 1.91 bits per heavy atom. The van der Waals surface area contributed by atoms with Crippen LogP contribution < -0.4 is 0 Å². The van der Waals surface area contributed by atoms with Gasteiger partial charge in [0.15, 0.2) is 31.3 Å². The number of methoxy groups -OCH3 is 1. The van der Waals surface area contributed by atoms with Gasteiger partial charge in [-0.3, -0.25) is 0 Å². The largest absolute Gasteiger partial charge is 0.467 e. The lowest BCUT2D eigenvalue weighted by Crippen LogP contribution is -2.68. The maximum atomic E-state index is 13.1. The first-order valence-corrected chi connectivity index (χ1v) is 27.6. The molecule has 22 nitrogen and oxygen atoms in total. The summed E-state index contributed by atoms with van der Waals surface area (Å²) in [7, 11) is 1.10. The van der Waals surface area contributed by atoms with Crippen molar-refractivity contribution < 1.29 is 109 Å². The average Bonchev–Trinajstić information content (AvgIpc) is 3.55. The summed E-state index contributed by atoms with van der Waals surface area (Å²) in [5.74, 6) is -0.831. The second-order valence-electron chi connectivity index (χ2n) is 26.1. The van der Waals surface area contributed by atoms with Gasteiger partial charge in [-0.05, 0) is 104 Å². The zero-order valence-electron chi connectivity index (χ0n) is 45.4. The molecule has 436 valence electrons. The maximum absolute atomic E-state index is 13.1. The van der Waals surface area contributed by atoms with Crippen molar-refractivity contribution in [2.75, 3.05) is 26.9 Å². The second-order valence-corrected chi connectivity index (χ2v) is 26.1. The normalized spacial score (nSPS) is 55.2. The van der Waals surface area contributed by atoms with Crippen LogP contribution in [-0.4, -0.2) is 223 Å². The van der Waals surface area contributed by atoms with Gasteiger partial charge in [-0.25, -0.2) is 4.79 Å². The molecule has 29 unspecified atom stereocenters. The van der Waals surface area contributed by atoms with E-state index in [1.165, 1.54) is 12.5 Å². The molecular weight excluding hydrogens is 1000 g/mol. The first-order valence-electron chi connectivity index (χ1n) is 27.6. The van der Waals surface area contributed by atoms with Gasteiger partial charge in [0, 0.05) is 10.8 Å². The highest BCUT2D eigenvalue weighted by atomic mass is 16.8. The van der Waals surface area contributed by atoms with E-state index in [0.29, 0.717) is 19.3 Å². The highest BCUT2D eigenvalue weighted by Gasteiger charge is 2.70. The van der Waals surface area contributed by atoms with Crippen molar-refractivity contribution in [2.45, 2.75) is 242 Å². The summed E-state index contributed by atoms with van der Waals surface area (Å²) in [6.45, 7) is 16.0. The molecule has 9 rings (SSSR count). The SMILES string of the molecule is COC(=O)C1OC(OC2CCC3(C)C(CCC4(C)C3CC=C3C5CC(C)(C)CC(OC6OC(CO)C(O)C(O)C6O)C5(C)CCC34C)C2(C)CO)C(OC2OCC(O)C(O)C2OC2OC(C)C(O)C(O)C2O)C(O)C1O. The molecule has 0 radical (unpaired) electrons. The molecule has 76 heavy (non-hydrogen) atoms. The second kappa shape index (κ2) is 21.3. The third-order valence-electron chi connectivity index (χ3n) is 21.4. The molecule has 0 aromatic carbocycles. The van der Waals surface area contributed by atoms with Crippen LogP contribution in [0.3, 0.4) is 0 Å². The lowest BCUT2D eigenvalue weighted by atomic mass is 9.33. The van der Waals surface area contributed by atoms with Crippen LogP contribution in [-0.2, 0) is 47.4 Å². The molecule has 22 heteroatoms. The number of allylic oxidation sites excluding steroid dienone is 2. The molecule has 4 heterocycles. The molecule has 9 aliphatic rings. The van der Waals surface area contributed by atoms with Gasteiger partial charge < -0.3 is 104 Å². The number of ether oxygens (including phenoxy) is 9. The van der Waals surface area contributed by atoms with Crippen LogP contribution in [0.2, 0.25) is 0 Å². The fourth-order valence-corrected chi connectivity index (χ4v) is 16.4. The quantitative estimate of drug-likeness (QED) is 0.0688. The Bertz CT molecular complexity index is 2100. The highest BCUT2D eigenvalue weighted by molar-refractivity contribution is 5.75. The van der Waals surface area contributed by atoms with E-state index in [2.05, 4.69) is 47.6 Å². The van der Waals surface area contributed by atoms with E-state index in [0.717, 1.165) is 45.6 Å². The number of carbonyl (C=O) groups excluding carboxylic acids is 1. The van der Waals surface area contributed by atoms with Crippen molar-refractivity contribution in [2.24, 2.45) is 50.2 Å². The third kappa shape index (κ3) is 9.47. The molecule has 0 spiro atoms. The monoisotopic (exact) mass is 1090 g/mol. The zero-order chi connectivity index (χ0) is 55.6. The highest BCUT2D eigenvalue weighted by Crippen LogP contribution is 2.76. The Hall–Kier alpha value is -1.59. The van der Waals surface area contributed by atoms with Gasteiger partial charge in [0.1, 0.15) is 79.4 Å². The number of esters is 1. The van der Waals surface area contributed by atoms with Crippen LogP contribution in [0.1, 0.15) is 113 Å². The predicted octanol–water partition coefficient (Wildman–Crippen LogP) is -0.744. The van der Waals surface area contributed by atoms with Gasteiger partial charge in [-0.1, -0.05) is 60.1 Å². The maximum Gasteiger partial charge on any atom is 0.337 e. The smallest absolute Gasteiger partial charge is 0.337 e. The summed E-state index contributed by atoms with van der Waals surface area (Å²) in [4.78, 5) is 13.1. The Labute approximate surface area is 444 Å². The van der Waals surface area contributed by atoms with E-state index < -0.39 is 147 Å². The fraction of sp³-hybridized carbons (Fsp3) is 0.944. The van der Waals surface area contributed by atoms with Crippen molar-refractivity contribution in [3.63, 3.8) is 0 Å². The molecule has 5 aliphatic carbocycles. The van der Waals surface area contributed by atoms with E-state index in [-0.39, 0.29) is 57.5 Å². The minimum Gasteiger partial charge on any atom is -0.467 e. The number of hydrogen-bond acceptors (Lipinski definition) is 22. The minimum atomic E-state index is -1.92. The molecule has 12 N–H and O–H groups in total. The van der Waals surface area contributed by atoms with Gasteiger partial charge in [0.2, 0.25) is 0 Å². The molecule has 0 amide bonds. The Kier molecular flexibility index (Phi) is 16.6. The van der Waals surface area contributed by atoms with Crippen molar-refractivity contribution in [1.29, 1.82) is 0 Å². The van der Waals surface area contributed by atoms with Gasteiger partial charge in [-0.15, -0.1) is 0 Å². The Morgan fingerprint density at radius 1 is 0.618 bits per heavy atom. The van der Waals surface area contributed by atoms with Crippen LogP contribution in [0, 0.1) is 50.2 Å². The van der Waals surface area contributed by atoms with Crippen molar-refractivity contribution in [3.8, 4) is 0 Å². The van der Waals surface area contributed by atoms with E-state index in [9.17, 15) is 66.1 Å². The van der Waals surface area contributed by atoms with E-state index in [1.54, 1.807) is 0 Å². The van der Waals surface area contributed by atoms with Crippen molar-refractivity contribution in [3.05, 3.63) is 11.6 Å². The van der Waals surface area contributed by atoms with Gasteiger partial charge in [0.25, 0.3) is 0 Å². The van der Waals surface area contributed by atoms with Crippen molar-refractivity contribution >= 4 is 5.97 Å². The molecular formula is C54H88O22. The topological polar surface area (TPSA) is 343 Å². The summed E-state index contributed by atoms with van der Waals surface area (Å²) < 4.78 is 54.3. The van der Waals surface area contributed by atoms with Crippen LogP contribution in [0.5, 0.6) is 0 Å². The number of hydrogen-bond donors (Lipinski definition) is 12. The van der Waals surface area contributed by atoms with Gasteiger partial charge in [0.05, 0.1) is 45.2 Å².